The van der Waals surface area contributed by atoms with Crippen molar-refractivity contribution in [2.24, 2.45) is 0 Å². The van der Waals surface area contributed by atoms with Crippen molar-refractivity contribution in [3.05, 3.63) is 41.4 Å². The third-order valence-corrected chi connectivity index (χ3v) is 1.92. The lowest BCUT2D eigenvalue weighted by atomic mass is 10.1. The van der Waals surface area contributed by atoms with E-state index in [0.29, 0.717) is 0 Å². The lowest BCUT2D eigenvalue weighted by Gasteiger charge is -2.00. The summed E-state index contributed by atoms with van der Waals surface area (Å²) in [6.45, 7) is 2.10. The molecule has 11 heavy (non-hydrogen) atoms. The van der Waals surface area contributed by atoms with Gasteiger partial charge in [0, 0.05) is 5.54 Å². The molecule has 0 N–H and O–H groups in total. The number of hydrogen-bond donors (Lipinski definition) is 0. The van der Waals surface area contributed by atoms with Gasteiger partial charge in [0.15, 0.2) is 0 Å². The van der Waals surface area contributed by atoms with E-state index in [9.17, 15) is 0 Å². The standard InChI is InChI=1S/C10H11Cl/c1-2-9(8-11)10-6-4-3-5-7-10/h3-8H,2H2,1H3/b9-8-. The van der Waals surface area contributed by atoms with Gasteiger partial charge in [-0.1, -0.05) is 48.9 Å². The van der Waals surface area contributed by atoms with Crippen LogP contribution in [0.2, 0.25) is 0 Å². The highest BCUT2D eigenvalue weighted by molar-refractivity contribution is 6.28. The summed E-state index contributed by atoms with van der Waals surface area (Å²) in [4.78, 5) is 0. The number of rotatable bonds is 2. The van der Waals surface area contributed by atoms with E-state index in [2.05, 4.69) is 19.1 Å². The summed E-state index contributed by atoms with van der Waals surface area (Å²) >= 11 is 5.64. The fraction of sp³-hybridized carbons (Fsp3) is 0.200. The van der Waals surface area contributed by atoms with Gasteiger partial charge in [0.1, 0.15) is 0 Å². The van der Waals surface area contributed by atoms with Gasteiger partial charge in [0.2, 0.25) is 0 Å². The Bertz CT molecular complexity index is 236. The molecule has 0 aliphatic carbocycles. The predicted molar refractivity (Wildman–Crippen MR) is 50.6 cm³/mol. The van der Waals surface area contributed by atoms with E-state index in [1.807, 2.05) is 18.2 Å². The molecule has 1 heteroatoms. The van der Waals surface area contributed by atoms with Crippen molar-refractivity contribution in [3.8, 4) is 0 Å². The zero-order valence-corrected chi connectivity index (χ0v) is 7.31. The second kappa shape index (κ2) is 4.20. The Morgan fingerprint density at radius 1 is 1.36 bits per heavy atom. The Morgan fingerprint density at radius 3 is 2.45 bits per heavy atom. The Balaban J connectivity index is 2.92. The predicted octanol–water partition coefficient (Wildman–Crippen LogP) is 3.68. The topological polar surface area (TPSA) is 0 Å². The van der Waals surface area contributed by atoms with Crippen LogP contribution in [-0.4, -0.2) is 0 Å². The molecule has 0 radical (unpaired) electrons. The van der Waals surface area contributed by atoms with Crippen LogP contribution in [0, 0.1) is 0 Å². The van der Waals surface area contributed by atoms with E-state index in [0.717, 1.165) is 6.42 Å². The summed E-state index contributed by atoms with van der Waals surface area (Å²) in [5.74, 6) is 0. The molecule has 0 fully saturated rings. The molecule has 1 aromatic rings. The van der Waals surface area contributed by atoms with Gasteiger partial charge in [-0.25, -0.2) is 0 Å². The third kappa shape index (κ3) is 2.09. The zero-order valence-electron chi connectivity index (χ0n) is 6.55. The average Bonchev–Trinajstić information content (AvgIpc) is 2.09. The molecule has 0 nitrogen and oxygen atoms in total. The van der Waals surface area contributed by atoms with Crippen LogP contribution in [0.25, 0.3) is 5.57 Å². The van der Waals surface area contributed by atoms with E-state index in [1.165, 1.54) is 11.1 Å². The van der Waals surface area contributed by atoms with Gasteiger partial charge in [-0.2, -0.15) is 0 Å². The molecule has 58 valence electrons. The average molecular weight is 167 g/mol. The molecular formula is C10H11Cl. The number of benzene rings is 1. The highest BCUT2D eigenvalue weighted by atomic mass is 35.5. The first kappa shape index (κ1) is 8.35. The highest BCUT2D eigenvalue weighted by Crippen LogP contribution is 2.17. The molecule has 0 aliphatic rings. The lowest BCUT2D eigenvalue weighted by molar-refractivity contribution is 1.24. The van der Waals surface area contributed by atoms with Crippen LogP contribution < -0.4 is 0 Å². The molecule has 0 bridgehead atoms. The van der Waals surface area contributed by atoms with E-state index >= 15 is 0 Å². The van der Waals surface area contributed by atoms with Crippen LogP contribution in [-0.2, 0) is 0 Å². The van der Waals surface area contributed by atoms with Gasteiger partial charge in [0.05, 0.1) is 0 Å². The molecule has 0 saturated heterocycles. The van der Waals surface area contributed by atoms with Crippen molar-refractivity contribution in [2.45, 2.75) is 13.3 Å². The molecule has 0 spiro atoms. The number of halogens is 1. The molecule has 0 atom stereocenters. The first-order valence-corrected chi connectivity index (χ1v) is 4.16. The maximum absolute atomic E-state index is 5.64. The summed E-state index contributed by atoms with van der Waals surface area (Å²) in [5, 5.41) is 0. The second-order valence-electron chi connectivity index (χ2n) is 2.35. The molecule has 0 aromatic heterocycles. The Kier molecular flexibility index (Phi) is 3.18. The van der Waals surface area contributed by atoms with E-state index < -0.39 is 0 Å². The number of allylic oxidation sites excluding steroid dienone is 1. The molecule has 0 saturated carbocycles. The molecule has 0 unspecified atom stereocenters. The second-order valence-corrected chi connectivity index (χ2v) is 2.57. The van der Waals surface area contributed by atoms with Gasteiger partial charge >= 0.3 is 0 Å². The molecule has 1 aromatic carbocycles. The van der Waals surface area contributed by atoms with Crippen molar-refractivity contribution in [2.75, 3.05) is 0 Å². The minimum atomic E-state index is 0.980. The summed E-state index contributed by atoms with van der Waals surface area (Å²) < 4.78 is 0. The van der Waals surface area contributed by atoms with Crippen LogP contribution in [0.5, 0.6) is 0 Å². The van der Waals surface area contributed by atoms with E-state index in [-0.39, 0.29) is 0 Å². The smallest absolute Gasteiger partial charge is 0.00804 e. The molecular weight excluding hydrogens is 156 g/mol. The van der Waals surface area contributed by atoms with Gasteiger partial charge in [-0.05, 0) is 17.6 Å². The van der Waals surface area contributed by atoms with Gasteiger partial charge in [0.25, 0.3) is 0 Å². The van der Waals surface area contributed by atoms with Crippen LogP contribution in [0.1, 0.15) is 18.9 Å². The van der Waals surface area contributed by atoms with E-state index in [4.69, 9.17) is 11.6 Å². The summed E-state index contributed by atoms with van der Waals surface area (Å²) in [5.41, 5.74) is 4.05. The minimum Gasteiger partial charge on any atom is -0.0926 e. The Labute approximate surface area is 72.5 Å². The van der Waals surface area contributed by atoms with Crippen molar-refractivity contribution in [3.63, 3.8) is 0 Å². The van der Waals surface area contributed by atoms with Crippen molar-refractivity contribution >= 4 is 17.2 Å². The Hall–Kier alpha value is -0.750. The zero-order chi connectivity index (χ0) is 8.10. The summed E-state index contributed by atoms with van der Waals surface area (Å²) in [6, 6.07) is 10.2. The van der Waals surface area contributed by atoms with Crippen LogP contribution in [0.4, 0.5) is 0 Å². The fourth-order valence-electron chi connectivity index (χ4n) is 0.996. The van der Waals surface area contributed by atoms with Crippen LogP contribution in [0.15, 0.2) is 35.9 Å². The quantitative estimate of drug-likeness (QED) is 0.629. The van der Waals surface area contributed by atoms with Crippen LogP contribution in [0.3, 0.4) is 0 Å². The fourth-order valence-corrected chi connectivity index (χ4v) is 1.28. The Morgan fingerprint density at radius 2 is 2.00 bits per heavy atom. The minimum absolute atomic E-state index is 0.980. The first-order valence-electron chi connectivity index (χ1n) is 3.73. The SMILES string of the molecule is CC/C(=C/Cl)c1ccccc1. The summed E-state index contributed by atoms with van der Waals surface area (Å²) in [6.07, 6.45) is 0.980. The van der Waals surface area contributed by atoms with Gasteiger partial charge in [-0.3, -0.25) is 0 Å². The van der Waals surface area contributed by atoms with Crippen molar-refractivity contribution in [1.82, 2.24) is 0 Å². The first-order chi connectivity index (χ1) is 5.38. The van der Waals surface area contributed by atoms with Gasteiger partial charge < -0.3 is 0 Å². The van der Waals surface area contributed by atoms with E-state index in [1.54, 1.807) is 5.54 Å². The van der Waals surface area contributed by atoms with Crippen molar-refractivity contribution < 1.29 is 0 Å². The van der Waals surface area contributed by atoms with Crippen molar-refractivity contribution in [1.29, 1.82) is 0 Å². The molecule has 0 heterocycles. The molecule has 0 amide bonds. The maximum atomic E-state index is 5.64. The van der Waals surface area contributed by atoms with Crippen LogP contribution >= 0.6 is 11.6 Å². The summed E-state index contributed by atoms with van der Waals surface area (Å²) in [7, 11) is 0. The normalized spacial score (nSPS) is 11.6. The highest BCUT2D eigenvalue weighted by Gasteiger charge is 1.94. The molecule has 1 rings (SSSR count). The largest absolute Gasteiger partial charge is 0.0926 e. The maximum Gasteiger partial charge on any atom is 0.00804 e. The lowest BCUT2D eigenvalue weighted by Crippen LogP contribution is -1.79. The monoisotopic (exact) mass is 166 g/mol. The number of hydrogen-bond acceptors (Lipinski definition) is 0. The molecule has 0 aliphatic heterocycles. The van der Waals surface area contributed by atoms with Gasteiger partial charge in [-0.15, -0.1) is 0 Å². The third-order valence-electron chi connectivity index (χ3n) is 1.66.